The summed E-state index contributed by atoms with van der Waals surface area (Å²) < 4.78 is 0. The predicted octanol–water partition coefficient (Wildman–Crippen LogP) is 4.39. The van der Waals surface area contributed by atoms with E-state index in [4.69, 9.17) is 5.21 Å². The number of nitrogens with zero attached hydrogens (tertiary/aromatic N) is 1. The topological polar surface area (TPSA) is 52.6 Å². The summed E-state index contributed by atoms with van der Waals surface area (Å²) in [5.41, 5.74) is 3.86. The van der Waals surface area contributed by atoms with E-state index >= 15 is 0 Å². The highest BCUT2D eigenvalue weighted by Gasteiger charge is 2.15. The molecule has 1 amide bonds. The Morgan fingerprint density at radius 2 is 1.92 bits per heavy atom. The van der Waals surface area contributed by atoms with E-state index < -0.39 is 5.91 Å². The second kappa shape index (κ2) is 11.1. The highest BCUT2D eigenvalue weighted by molar-refractivity contribution is 5.90. The third-order valence-electron chi connectivity index (χ3n) is 5.04. The quantitative estimate of drug-likeness (QED) is 0.397. The second-order valence-electron chi connectivity index (χ2n) is 7.12. The zero-order valence-corrected chi connectivity index (χ0v) is 15.4. The van der Waals surface area contributed by atoms with Crippen LogP contribution in [0.3, 0.4) is 0 Å². The zero-order chi connectivity index (χ0) is 17.9. The average Bonchev–Trinajstić information content (AvgIpc) is 2.66. The van der Waals surface area contributed by atoms with Gasteiger partial charge in [-0.1, -0.05) is 63.3 Å². The van der Waals surface area contributed by atoms with Gasteiger partial charge in [-0.15, -0.1) is 0 Å². The van der Waals surface area contributed by atoms with Crippen LogP contribution in [0, 0.1) is 5.92 Å². The lowest BCUT2D eigenvalue weighted by Gasteiger charge is -2.27. The molecule has 0 bridgehead atoms. The van der Waals surface area contributed by atoms with Crippen molar-refractivity contribution in [2.24, 2.45) is 5.92 Å². The maximum Gasteiger partial charge on any atom is 0.267 e. The van der Waals surface area contributed by atoms with Gasteiger partial charge >= 0.3 is 0 Å². The first kappa shape index (κ1) is 19.7. The first-order valence-electron chi connectivity index (χ1n) is 9.64. The van der Waals surface area contributed by atoms with Gasteiger partial charge in [0.2, 0.25) is 0 Å². The maximum atomic E-state index is 11.0. The van der Waals surface area contributed by atoms with Gasteiger partial charge in [-0.3, -0.25) is 14.9 Å². The van der Waals surface area contributed by atoms with Gasteiger partial charge in [0.1, 0.15) is 0 Å². The van der Waals surface area contributed by atoms with E-state index in [-0.39, 0.29) is 0 Å². The van der Waals surface area contributed by atoms with E-state index in [1.165, 1.54) is 63.1 Å². The predicted molar refractivity (Wildman–Crippen MR) is 102 cm³/mol. The number of nitrogens with one attached hydrogen (secondary N) is 1. The zero-order valence-electron chi connectivity index (χ0n) is 15.4. The number of carbonyl (C=O) groups is 1. The highest BCUT2D eigenvalue weighted by Crippen LogP contribution is 2.26. The molecule has 2 N–H and O–H groups in total. The van der Waals surface area contributed by atoms with Crippen molar-refractivity contribution < 1.29 is 10.0 Å². The summed E-state index contributed by atoms with van der Waals surface area (Å²) in [6.45, 7) is 5.57. The van der Waals surface area contributed by atoms with Crippen LogP contribution in [0.1, 0.15) is 63.0 Å². The Kier molecular flexibility index (Phi) is 8.70. The third-order valence-corrected chi connectivity index (χ3v) is 5.04. The lowest BCUT2D eigenvalue weighted by molar-refractivity contribution is -0.124. The Bertz CT molecular complexity index is 533. The highest BCUT2D eigenvalue weighted by atomic mass is 16.5. The molecular formula is C21H32N2O2. The van der Waals surface area contributed by atoms with E-state index in [2.05, 4.69) is 24.0 Å². The molecule has 4 heteroatoms. The molecule has 1 aromatic rings. The third kappa shape index (κ3) is 7.41. The van der Waals surface area contributed by atoms with Crippen LogP contribution >= 0.6 is 0 Å². The standard InChI is InChI=1S/C21H32N2O2/c1-2-15-23(16-14-18-6-4-3-5-7-18)17-20-10-8-19(9-11-20)12-13-21(24)22-25/h8-13,18,25H,2-7,14-17H2,1H3,(H,22,24)/b13-12+. The summed E-state index contributed by atoms with van der Waals surface area (Å²) in [4.78, 5) is 13.6. The van der Waals surface area contributed by atoms with Crippen molar-refractivity contribution >= 4 is 12.0 Å². The average molecular weight is 344 g/mol. The van der Waals surface area contributed by atoms with Gasteiger partial charge in [0, 0.05) is 12.6 Å². The van der Waals surface area contributed by atoms with Crippen LogP contribution in [0.5, 0.6) is 0 Å². The smallest absolute Gasteiger partial charge is 0.267 e. The Morgan fingerprint density at radius 1 is 1.20 bits per heavy atom. The molecule has 1 fully saturated rings. The number of amides is 1. The van der Waals surface area contributed by atoms with Crippen LogP contribution in [0.4, 0.5) is 0 Å². The van der Waals surface area contributed by atoms with Crippen LogP contribution in [-0.2, 0) is 11.3 Å². The van der Waals surface area contributed by atoms with Crippen molar-refractivity contribution in [1.29, 1.82) is 0 Å². The van der Waals surface area contributed by atoms with Crippen molar-refractivity contribution in [3.8, 4) is 0 Å². The fourth-order valence-electron chi connectivity index (χ4n) is 3.63. The summed E-state index contributed by atoms with van der Waals surface area (Å²) >= 11 is 0. The SMILES string of the molecule is CCCN(CCC1CCCCC1)Cc1ccc(/C=C/C(=O)NO)cc1. The minimum absolute atomic E-state index is 0.513. The second-order valence-corrected chi connectivity index (χ2v) is 7.12. The van der Waals surface area contributed by atoms with Crippen LogP contribution < -0.4 is 5.48 Å². The normalized spacial score (nSPS) is 15.8. The largest absolute Gasteiger partial charge is 0.299 e. The fraction of sp³-hybridized carbons (Fsp3) is 0.571. The summed E-state index contributed by atoms with van der Waals surface area (Å²) in [6, 6.07) is 8.28. The van der Waals surface area contributed by atoms with Crippen LogP contribution in [0.25, 0.3) is 6.08 Å². The minimum Gasteiger partial charge on any atom is -0.299 e. The molecule has 0 heterocycles. The van der Waals surface area contributed by atoms with Crippen LogP contribution in [0.15, 0.2) is 30.3 Å². The summed E-state index contributed by atoms with van der Waals surface area (Å²) in [6.07, 6.45) is 12.6. The molecule has 1 saturated carbocycles. The van der Waals surface area contributed by atoms with Crippen molar-refractivity contribution in [3.05, 3.63) is 41.5 Å². The molecule has 2 rings (SSSR count). The van der Waals surface area contributed by atoms with Gasteiger partial charge in [-0.05, 0) is 49.1 Å². The first-order chi connectivity index (χ1) is 12.2. The summed E-state index contributed by atoms with van der Waals surface area (Å²) in [5, 5.41) is 8.49. The molecule has 0 spiro atoms. The van der Waals surface area contributed by atoms with Crippen molar-refractivity contribution in [2.45, 2.75) is 58.4 Å². The Hall–Kier alpha value is -1.65. The minimum atomic E-state index is -0.513. The molecule has 0 atom stereocenters. The molecule has 138 valence electrons. The van der Waals surface area contributed by atoms with Gasteiger partial charge in [0.25, 0.3) is 5.91 Å². The molecular weight excluding hydrogens is 312 g/mol. The van der Waals surface area contributed by atoms with E-state index in [9.17, 15) is 4.79 Å². The van der Waals surface area contributed by atoms with Gasteiger partial charge in [0.15, 0.2) is 0 Å². The fourth-order valence-corrected chi connectivity index (χ4v) is 3.63. The maximum absolute atomic E-state index is 11.0. The Balaban J connectivity index is 1.85. The number of hydrogen-bond acceptors (Lipinski definition) is 3. The molecule has 0 radical (unpaired) electrons. The van der Waals surface area contributed by atoms with Crippen molar-refractivity contribution in [1.82, 2.24) is 10.4 Å². The molecule has 0 saturated heterocycles. The lowest BCUT2D eigenvalue weighted by atomic mass is 9.87. The lowest BCUT2D eigenvalue weighted by Crippen LogP contribution is -2.27. The molecule has 1 aliphatic carbocycles. The van der Waals surface area contributed by atoms with Gasteiger partial charge < -0.3 is 0 Å². The molecule has 0 aliphatic heterocycles. The molecule has 1 aliphatic rings. The van der Waals surface area contributed by atoms with E-state index in [1.807, 2.05) is 12.1 Å². The van der Waals surface area contributed by atoms with Crippen LogP contribution in [-0.4, -0.2) is 29.1 Å². The van der Waals surface area contributed by atoms with E-state index in [0.29, 0.717) is 0 Å². The summed E-state index contributed by atoms with van der Waals surface area (Å²) in [7, 11) is 0. The number of rotatable bonds is 9. The Morgan fingerprint density at radius 3 is 2.56 bits per heavy atom. The van der Waals surface area contributed by atoms with Crippen LogP contribution in [0.2, 0.25) is 0 Å². The van der Waals surface area contributed by atoms with Gasteiger partial charge in [0.05, 0.1) is 0 Å². The number of hydroxylamine groups is 1. The van der Waals surface area contributed by atoms with E-state index in [0.717, 1.165) is 24.6 Å². The van der Waals surface area contributed by atoms with Crippen molar-refractivity contribution in [2.75, 3.05) is 13.1 Å². The molecule has 25 heavy (non-hydrogen) atoms. The molecule has 0 unspecified atom stereocenters. The molecule has 4 nitrogen and oxygen atoms in total. The first-order valence-corrected chi connectivity index (χ1v) is 9.64. The molecule has 0 aromatic heterocycles. The summed E-state index contributed by atoms with van der Waals surface area (Å²) in [5.74, 6) is 0.416. The molecule has 1 aromatic carbocycles. The monoisotopic (exact) mass is 344 g/mol. The van der Waals surface area contributed by atoms with Gasteiger partial charge in [-0.2, -0.15) is 0 Å². The number of benzene rings is 1. The number of carbonyl (C=O) groups excluding carboxylic acids is 1. The number of hydrogen-bond donors (Lipinski definition) is 2. The van der Waals surface area contributed by atoms with E-state index in [1.54, 1.807) is 11.6 Å². The van der Waals surface area contributed by atoms with Gasteiger partial charge in [-0.25, -0.2) is 5.48 Å². The Labute approximate surface area is 151 Å². The van der Waals surface area contributed by atoms with Crippen molar-refractivity contribution in [3.63, 3.8) is 0 Å².